The Bertz CT molecular complexity index is 1000. The fourth-order valence-corrected chi connectivity index (χ4v) is 3.30. The van der Waals surface area contributed by atoms with Crippen molar-refractivity contribution < 1.29 is 27.1 Å². The molecule has 1 heterocycles. The van der Waals surface area contributed by atoms with Gasteiger partial charge in [0.15, 0.2) is 10.8 Å². The first kappa shape index (κ1) is 20.8. The first-order chi connectivity index (χ1) is 13.8. The molecule has 29 heavy (non-hydrogen) atoms. The highest BCUT2D eigenvalue weighted by atomic mass is 32.1. The fourth-order valence-electron chi connectivity index (χ4n) is 2.61. The van der Waals surface area contributed by atoms with Crippen LogP contribution in [-0.4, -0.2) is 17.6 Å². The van der Waals surface area contributed by atoms with Crippen LogP contribution in [0.5, 0.6) is 0 Å². The first-order valence-electron chi connectivity index (χ1n) is 8.60. The van der Waals surface area contributed by atoms with E-state index in [9.17, 15) is 22.4 Å². The summed E-state index contributed by atoms with van der Waals surface area (Å²) in [5, 5.41) is 4.80. The number of alkyl halides is 3. The number of carbonyl (C=O) groups is 1. The largest absolute Gasteiger partial charge is 0.461 e. The molecule has 0 radical (unpaired) electrons. The summed E-state index contributed by atoms with van der Waals surface area (Å²) in [7, 11) is 0. The maximum atomic E-state index is 13.2. The van der Waals surface area contributed by atoms with Gasteiger partial charge in [-0.3, -0.25) is 0 Å². The van der Waals surface area contributed by atoms with E-state index in [1.165, 1.54) is 35.7 Å². The van der Waals surface area contributed by atoms with E-state index in [0.29, 0.717) is 21.9 Å². The second-order valence-electron chi connectivity index (χ2n) is 6.06. The number of thiazole rings is 1. The van der Waals surface area contributed by atoms with Gasteiger partial charge in [-0.05, 0) is 54.8 Å². The average molecular weight is 424 g/mol. The van der Waals surface area contributed by atoms with E-state index in [1.807, 2.05) is 0 Å². The van der Waals surface area contributed by atoms with Gasteiger partial charge in [0.1, 0.15) is 5.82 Å². The van der Waals surface area contributed by atoms with Crippen molar-refractivity contribution in [1.29, 1.82) is 0 Å². The molecule has 0 unspecified atom stereocenters. The molecule has 4 nitrogen and oxygen atoms in total. The van der Waals surface area contributed by atoms with Gasteiger partial charge < -0.3 is 10.1 Å². The third-order valence-corrected chi connectivity index (χ3v) is 4.73. The summed E-state index contributed by atoms with van der Waals surface area (Å²) >= 11 is 1.13. The van der Waals surface area contributed by atoms with E-state index in [-0.39, 0.29) is 18.7 Å². The van der Waals surface area contributed by atoms with Crippen molar-refractivity contribution in [3.63, 3.8) is 0 Å². The molecule has 0 saturated heterocycles. The zero-order valence-corrected chi connectivity index (χ0v) is 16.0. The van der Waals surface area contributed by atoms with Gasteiger partial charge in [0, 0.05) is 11.1 Å². The SMILES string of the molecule is CCOC(=O)c1csc(Nc2ccc(C(F)(F)F)cc2Cc2ccc(F)cc2)n1. The number of hydrogen-bond acceptors (Lipinski definition) is 5. The number of hydrogen-bond donors (Lipinski definition) is 1. The minimum atomic E-state index is -4.49. The van der Waals surface area contributed by atoms with Crippen LogP contribution in [0.15, 0.2) is 47.8 Å². The van der Waals surface area contributed by atoms with Crippen LogP contribution >= 0.6 is 11.3 Å². The molecule has 0 fully saturated rings. The monoisotopic (exact) mass is 424 g/mol. The number of rotatable bonds is 6. The Balaban J connectivity index is 1.90. The fraction of sp³-hybridized carbons (Fsp3) is 0.200. The molecular weight excluding hydrogens is 408 g/mol. The van der Waals surface area contributed by atoms with Gasteiger partial charge >= 0.3 is 12.1 Å². The van der Waals surface area contributed by atoms with E-state index < -0.39 is 23.5 Å². The number of nitrogens with one attached hydrogen (secondary N) is 1. The second-order valence-corrected chi connectivity index (χ2v) is 6.91. The third-order valence-electron chi connectivity index (χ3n) is 3.97. The quantitative estimate of drug-likeness (QED) is 0.401. The Kier molecular flexibility index (Phi) is 6.17. The van der Waals surface area contributed by atoms with Crippen LogP contribution in [-0.2, 0) is 17.3 Å². The van der Waals surface area contributed by atoms with Crippen molar-refractivity contribution in [2.45, 2.75) is 19.5 Å². The average Bonchev–Trinajstić information content (AvgIpc) is 3.13. The maximum Gasteiger partial charge on any atom is 0.416 e. The molecule has 0 bridgehead atoms. The highest BCUT2D eigenvalue weighted by Crippen LogP contribution is 2.34. The molecule has 9 heteroatoms. The van der Waals surface area contributed by atoms with Gasteiger partial charge in [-0.15, -0.1) is 11.3 Å². The Morgan fingerprint density at radius 3 is 2.55 bits per heavy atom. The van der Waals surface area contributed by atoms with Crippen LogP contribution < -0.4 is 5.32 Å². The van der Waals surface area contributed by atoms with E-state index in [2.05, 4.69) is 10.3 Å². The third kappa shape index (κ3) is 5.32. The summed E-state index contributed by atoms with van der Waals surface area (Å²) in [5.41, 5.74) is 0.754. The van der Waals surface area contributed by atoms with Crippen LogP contribution in [0.25, 0.3) is 0 Å². The molecular formula is C20H16F4N2O2S. The van der Waals surface area contributed by atoms with Crippen LogP contribution in [0.4, 0.5) is 28.4 Å². The number of carbonyl (C=O) groups excluding carboxylic acids is 1. The minimum absolute atomic E-state index is 0.117. The van der Waals surface area contributed by atoms with E-state index in [0.717, 1.165) is 23.5 Å². The predicted octanol–water partition coefficient (Wildman–Crippen LogP) is 5.81. The molecule has 2 aromatic carbocycles. The molecule has 1 N–H and O–H groups in total. The highest BCUT2D eigenvalue weighted by Gasteiger charge is 2.31. The number of esters is 1. The van der Waals surface area contributed by atoms with Crippen LogP contribution in [0.1, 0.15) is 34.1 Å². The minimum Gasteiger partial charge on any atom is -0.461 e. The molecule has 1 aromatic heterocycles. The lowest BCUT2D eigenvalue weighted by atomic mass is 10.0. The topological polar surface area (TPSA) is 51.2 Å². The number of aromatic nitrogens is 1. The number of nitrogens with zero attached hydrogens (tertiary/aromatic N) is 1. The summed E-state index contributed by atoms with van der Waals surface area (Å²) < 4.78 is 57.5. The lowest BCUT2D eigenvalue weighted by molar-refractivity contribution is -0.137. The molecule has 0 atom stereocenters. The van der Waals surface area contributed by atoms with Crippen molar-refractivity contribution >= 4 is 28.1 Å². The molecule has 0 aliphatic carbocycles. The van der Waals surface area contributed by atoms with Crippen molar-refractivity contribution in [3.05, 3.63) is 76.0 Å². The first-order valence-corrected chi connectivity index (χ1v) is 9.48. The van der Waals surface area contributed by atoms with Gasteiger partial charge in [0.25, 0.3) is 0 Å². The zero-order valence-electron chi connectivity index (χ0n) is 15.2. The summed E-state index contributed by atoms with van der Waals surface area (Å²) in [5.74, 6) is -0.999. The number of halogens is 4. The second kappa shape index (κ2) is 8.60. The summed E-state index contributed by atoms with van der Waals surface area (Å²) in [6, 6.07) is 8.86. The molecule has 0 saturated carbocycles. The Labute approximate surface area is 168 Å². The lowest BCUT2D eigenvalue weighted by Gasteiger charge is -2.14. The molecule has 0 spiro atoms. The van der Waals surface area contributed by atoms with E-state index >= 15 is 0 Å². The summed E-state index contributed by atoms with van der Waals surface area (Å²) in [6.07, 6.45) is -4.34. The molecule has 0 aliphatic heterocycles. The molecule has 3 rings (SSSR count). The van der Waals surface area contributed by atoms with Crippen molar-refractivity contribution in [2.75, 3.05) is 11.9 Å². The summed E-state index contributed by atoms with van der Waals surface area (Å²) in [6.45, 7) is 1.88. The Hall–Kier alpha value is -2.94. The van der Waals surface area contributed by atoms with Gasteiger partial charge in [0.05, 0.1) is 12.2 Å². The number of benzene rings is 2. The van der Waals surface area contributed by atoms with Gasteiger partial charge in [-0.25, -0.2) is 14.2 Å². The Morgan fingerprint density at radius 1 is 1.17 bits per heavy atom. The van der Waals surface area contributed by atoms with Crippen molar-refractivity contribution in [1.82, 2.24) is 4.98 Å². The molecule has 0 aliphatic rings. The maximum absolute atomic E-state index is 13.2. The lowest BCUT2D eigenvalue weighted by Crippen LogP contribution is -2.08. The van der Waals surface area contributed by atoms with E-state index in [1.54, 1.807) is 6.92 Å². The predicted molar refractivity (Wildman–Crippen MR) is 102 cm³/mol. The standard InChI is InChI=1S/C20H16F4N2O2S/c1-2-28-18(27)17-11-29-19(26-17)25-16-8-5-14(20(22,23)24)10-13(16)9-12-3-6-15(21)7-4-12/h3-8,10-11H,2,9H2,1H3,(H,25,26). The smallest absolute Gasteiger partial charge is 0.416 e. The number of ether oxygens (including phenoxy) is 1. The molecule has 152 valence electrons. The van der Waals surface area contributed by atoms with Crippen LogP contribution in [0, 0.1) is 5.82 Å². The van der Waals surface area contributed by atoms with Gasteiger partial charge in [-0.1, -0.05) is 12.1 Å². The normalized spacial score (nSPS) is 11.3. The van der Waals surface area contributed by atoms with Gasteiger partial charge in [-0.2, -0.15) is 13.2 Å². The van der Waals surface area contributed by atoms with Gasteiger partial charge in [0.2, 0.25) is 0 Å². The molecule has 3 aromatic rings. The Morgan fingerprint density at radius 2 is 1.90 bits per heavy atom. The summed E-state index contributed by atoms with van der Waals surface area (Å²) in [4.78, 5) is 15.9. The van der Waals surface area contributed by atoms with Crippen molar-refractivity contribution in [3.8, 4) is 0 Å². The molecule has 0 amide bonds. The van der Waals surface area contributed by atoms with Crippen molar-refractivity contribution in [2.24, 2.45) is 0 Å². The van der Waals surface area contributed by atoms with E-state index in [4.69, 9.17) is 4.74 Å². The van der Waals surface area contributed by atoms with Crippen LogP contribution in [0.2, 0.25) is 0 Å². The number of anilines is 2. The highest BCUT2D eigenvalue weighted by molar-refractivity contribution is 7.14. The van der Waals surface area contributed by atoms with Crippen LogP contribution in [0.3, 0.4) is 0 Å². The zero-order chi connectivity index (χ0) is 21.0.